The van der Waals surface area contributed by atoms with Crippen LogP contribution in [-0.4, -0.2) is 15.3 Å². The van der Waals surface area contributed by atoms with Crippen LogP contribution in [0.25, 0.3) is 4.85 Å². The normalized spacial score (nSPS) is 9.94. The maximum Gasteiger partial charge on any atom is 0.222 e. The molecule has 0 saturated carbocycles. The van der Waals surface area contributed by atoms with Crippen LogP contribution >= 0.6 is 0 Å². The zero-order chi connectivity index (χ0) is 12.4. The summed E-state index contributed by atoms with van der Waals surface area (Å²) in [6, 6.07) is 3.77. The maximum atomic E-state index is 13.3. The Morgan fingerprint density at radius 3 is 2.82 bits per heavy atom. The second-order valence-corrected chi connectivity index (χ2v) is 3.53. The number of aromatic nitrogens is 2. The van der Waals surface area contributed by atoms with Gasteiger partial charge >= 0.3 is 0 Å². The van der Waals surface area contributed by atoms with Crippen molar-refractivity contribution in [2.75, 3.05) is 0 Å². The van der Waals surface area contributed by atoms with Gasteiger partial charge in [-0.3, -0.25) is 4.79 Å². The molecule has 0 aliphatic rings. The Balaban J connectivity index is 2.39. The van der Waals surface area contributed by atoms with E-state index in [0.717, 1.165) is 6.07 Å². The van der Waals surface area contributed by atoms with Crippen molar-refractivity contribution in [3.05, 3.63) is 59.2 Å². The smallest absolute Gasteiger partial charge is 0.222 e. The van der Waals surface area contributed by atoms with E-state index in [1.807, 2.05) is 0 Å². The summed E-state index contributed by atoms with van der Waals surface area (Å²) in [5.74, 6) is -1.05. The molecule has 0 spiro atoms. The number of ketones is 1. The van der Waals surface area contributed by atoms with Crippen molar-refractivity contribution < 1.29 is 9.18 Å². The largest absolute Gasteiger partial charge is 0.340 e. The fraction of sp³-hybridized carbons (Fsp3) is 0.0833. The molecule has 2 rings (SSSR count). The first-order valence-corrected chi connectivity index (χ1v) is 4.81. The van der Waals surface area contributed by atoms with Gasteiger partial charge in [0, 0.05) is 18.8 Å². The predicted octanol–water partition coefficient (Wildman–Crippen LogP) is 2.34. The highest BCUT2D eigenvalue weighted by Gasteiger charge is 2.13. The third kappa shape index (κ3) is 2.06. The number of benzene rings is 1. The number of hydrogen-bond acceptors (Lipinski definition) is 2. The fourth-order valence-corrected chi connectivity index (χ4v) is 1.42. The Kier molecular flexibility index (Phi) is 2.71. The van der Waals surface area contributed by atoms with E-state index in [2.05, 4.69) is 9.83 Å². The third-order valence-electron chi connectivity index (χ3n) is 2.27. The number of hydrogen-bond donors (Lipinski definition) is 0. The average molecular weight is 229 g/mol. The van der Waals surface area contributed by atoms with Crippen LogP contribution in [0.5, 0.6) is 0 Å². The summed E-state index contributed by atoms with van der Waals surface area (Å²) in [5, 5.41) is 0. The van der Waals surface area contributed by atoms with Crippen LogP contribution in [0.4, 0.5) is 10.1 Å². The van der Waals surface area contributed by atoms with Gasteiger partial charge in [-0.05, 0) is 6.07 Å². The molecule has 1 aromatic heterocycles. The van der Waals surface area contributed by atoms with Gasteiger partial charge in [-0.15, -0.1) is 0 Å². The average Bonchev–Trinajstić information content (AvgIpc) is 2.75. The van der Waals surface area contributed by atoms with Crippen molar-refractivity contribution in [1.29, 1.82) is 0 Å². The van der Waals surface area contributed by atoms with Gasteiger partial charge in [-0.1, -0.05) is 12.1 Å². The number of halogens is 1. The summed E-state index contributed by atoms with van der Waals surface area (Å²) < 4.78 is 15.0. The van der Waals surface area contributed by atoms with Gasteiger partial charge in [0.1, 0.15) is 11.5 Å². The minimum absolute atomic E-state index is 0.0948. The molecule has 17 heavy (non-hydrogen) atoms. The van der Waals surface area contributed by atoms with Crippen molar-refractivity contribution >= 4 is 11.5 Å². The van der Waals surface area contributed by atoms with E-state index in [1.165, 1.54) is 18.5 Å². The second-order valence-electron chi connectivity index (χ2n) is 3.53. The highest BCUT2D eigenvalue weighted by Crippen LogP contribution is 2.20. The molecule has 5 heteroatoms. The molecule has 0 amide bonds. The zero-order valence-electron chi connectivity index (χ0n) is 9.01. The third-order valence-corrected chi connectivity index (χ3v) is 2.27. The van der Waals surface area contributed by atoms with E-state index in [0.29, 0.717) is 0 Å². The molecular formula is C12H8FN3O. The molecule has 0 bridgehead atoms. The lowest BCUT2D eigenvalue weighted by atomic mass is 10.1. The van der Waals surface area contributed by atoms with Crippen LogP contribution in [0.2, 0.25) is 0 Å². The predicted molar refractivity (Wildman–Crippen MR) is 59.3 cm³/mol. The van der Waals surface area contributed by atoms with Crippen molar-refractivity contribution in [2.24, 2.45) is 7.05 Å². The van der Waals surface area contributed by atoms with E-state index >= 15 is 0 Å². The molecule has 0 atom stereocenters. The van der Waals surface area contributed by atoms with Gasteiger partial charge in [0.15, 0.2) is 0 Å². The highest BCUT2D eigenvalue weighted by molar-refractivity contribution is 6.07. The molecule has 2 aromatic rings. The minimum atomic E-state index is -0.693. The molecular weight excluding hydrogens is 221 g/mol. The van der Waals surface area contributed by atoms with E-state index in [9.17, 15) is 9.18 Å². The van der Waals surface area contributed by atoms with Gasteiger partial charge < -0.3 is 4.57 Å². The topological polar surface area (TPSA) is 39.2 Å². The molecule has 0 N–H and O–H groups in total. The molecule has 0 aliphatic heterocycles. The summed E-state index contributed by atoms with van der Waals surface area (Å²) in [7, 11) is 1.74. The number of carbonyl (C=O) groups is 1. The quantitative estimate of drug-likeness (QED) is 0.585. The van der Waals surface area contributed by atoms with Crippen molar-refractivity contribution in [3.8, 4) is 0 Å². The highest BCUT2D eigenvalue weighted by atomic mass is 19.1. The summed E-state index contributed by atoms with van der Waals surface area (Å²) in [6.45, 7) is 6.71. The zero-order valence-corrected chi connectivity index (χ0v) is 9.01. The van der Waals surface area contributed by atoms with Gasteiger partial charge in [0.25, 0.3) is 0 Å². The SMILES string of the molecule is [C-]#[N+]c1ccc(C(=O)c2cn(C)cn2)cc1F. The summed E-state index contributed by atoms with van der Waals surface area (Å²) in [5.41, 5.74) is 0.346. The number of nitrogens with zero attached hydrogens (tertiary/aromatic N) is 3. The first-order chi connectivity index (χ1) is 8.11. The van der Waals surface area contributed by atoms with Crippen molar-refractivity contribution in [1.82, 2.24) is 9.55 Å². The van der Waals surface area contributed by atoms with Crippen LogP contribution in [0.3, 0.4) is 0 Å². The van der Waals surface area contributed by atoms with Crippen LogP contribution < -0.4 is 0 Å². The van der Waals surface area contributed by atoms with E-state index < -0.39 is 5.82 Å². The van der Waals surface area contributed by atoms with Crippen LogP contribution in [0.15, 0.2) is 30.7 Å². The molecule has 0 radical (unpaired) electrons. The molecule has 1 aromatic carbocycles. The van der Waals surface area contributed by atoms with Gasteiger partial charge in [-0.2, -0.15) is 0 Å². The number of imidazole rings is 1. The standard InChI is InChI=1S/C12H8FN3O/c1-14-10-4-3-8(5-9(10)13)12(17)11-6-16(2)7-15-11/h3-7H,2H3. The molecule has 0 unspecified atom stereocenters. The Bertz CT molecular complexity index is 625. The van der Waals surface area contributed by atoms with E-state index in [-0.39, 0.29) is 22.7 Å². The number of aryl methyl sites for hydroxylation is 1. The Labute approximate surface area is 97.2 Å². The van der Waals surface area contributed by atoms with Crippen LogP contribution in [0.1, 0.15) is 16.1 Å². The Hall–Kier alpha value is -2.48. The second kappa shape index (κ2) is 4.18. The van der Waals surface area contributed by atoms with Crippen molar-refractivity contribution in [2.45, 2.75) is 0 Å². The van der Waals surface area contributed by atoms with Gasteiger partial charge in [0.2, 0.25) is 11.5 Å². The maximum absolute atomic E-state index is 13.3. The lowest BCUT2D eigenvalue weighted by Gasteiger charge is -1.99. The lowest BCUT2D eigenvalue weighted by molar-refractivity contribution is 0.103. The van der Waals surface area contributed by atoms with Gasteiger partial charge in [0.05, 0.1) is 12.9 Å². The Morgan fingerprint density at radius 2 is 2.29 bits per heavy atom. The number of rotatable bonds is 2. The molecule has 4 nitrogen and oxygen atoms in total. The van der Waals surface area contributed by atoms with E-state index in [1.54, 1.807) is 17.8 Å². The molecule has 84 valence electrons. The minimum Gasteiger partial charge on any atom is -0.340 e. The fourth-order valence-electron chi connectivity index (χ4n) is 1.42. The monoisotopic (exact) mass is 229 g/mol. The molecule has 0 aliphatic carbocycles. The van der Waals surface area contributed by atoms with Crippen molar-refractivity contribution in [3.63, 3.8) is 0 Å². The molecule has 1 heterocycles. The first kappa shape index (κ1) is 11.0. The summed E-state index contributed by atoms with van der Waals surface area (Å²) in [6.07, 6.45) is 3.06. The van der Waals surface area contributed by atoms with Crippen LogP contribution in [0, 0.1) is 12.4 Å². The lowest BCUT2D eigenvalue weighted by Crippen LogP contribution is -2.02. The molecule has 0 fully saturated rings. The number of carbonyl (C=O) groups excluding carboxylic acids is 1. The Morgan fingerprint density at radius 1 is 1.53 bits per heavy atom. The van der Waals surface area contributed by atoms with E-state index in [4.69, 9.17) is 6.57 Å². The summed E-state index contributed by atoms with van der Waals surface area (Å²) >= 11 is 0. The molecule has 0 saturated heterocycles. The van der Waals surface area contributed by atoms with Gasteiger partial charge in [-0.25, -0.2) is 14.2 Å². The first-order valence-electron chi connectivity index (χ1n) is 4.81. The summed E-state index contributed by atoms with van der Waals surface area (Å²) in [4.78, 5) is 18.8. The van der Waals surface area contributed by atoms with Crippen LogP contribution in [-0.2, 0) is 7.05 Å².